The summed E-state index contributed by atoms with van der Waals surface area (Å²) in [6.07, 6.45) is 0.476. The topological polar surface area (TPSA) is 75.7 Å². The van der Waals surface area contributed by atoms with Crippen LogP contribution < -0.4 is 10.1 Å². The molecule has 3 rings (SSSR count). The number of anilines is 1. The van der Waals surface area contributed by atoms with Crippen molar-refractivity contribution >= 4 is 33.0 Å². The molecule has 2 aromatic rings. The number of nitrogens with one attached hydrogen (secondary N) is 1. The first-order chi connectivity index (χ1) is 12.8. The lowest BCUT2D eigenvalue weighted by Crippen LogP contribution is -2.40. The van der Waals surface area contributed by atoms with Gasteiger partial charge >= 0.3 is 0 Å². The maximum atomic E-state index is 12.5. The molecule has 144 valence electrons. The molecule has 0 aromatic heterocycles. The van der Waals surface area contributed by atoms with Crippen LogP contribution in [-0.2, 0) is 14.6 Å². The molecule has 1 N–H and O–H groups in total. The summed E-state index contributed by atoms with van der Waals surface area (Å²) in [7, 11) is -1.41. The maximum Gasteiger partial charge on any atom is 0.241 e. The fraction of sp³-hybridized carbons (Fsp3) is 0.316. The van der Waals surface area contributed by atoms with E-state index in [4.69, 9.17) is 16.3 Å². The molecule has 1 atom stereocenters. The molecular weight excluding hydrogens is 388 g/mol. The predicted molar refractivity (Wildman–Crippen MR) is 106 cm³/mol. The van der Waals surface area contributed by atoms with Crippen LogP contribution in [0.1, 0.15) is 6.42 Å². The van der Waals surface area contributed by atoms with E-state index in [2.05, 4.69) is 5.32 Å². The normalized spacial score (nSPS) is 18.1. The van der Waals surface area contributed by atoms with Gasteiger partial charge in [0.1, 0.15) is 5.75 Å². The zero-order valence-corrected chi connectivity index (χ0v) is 16.5. The van der Waals surface area contributed by atoms with Gasteiger partial charge in [-0.25, -0.2) is 8.42 Å². The Kier molecular flexibility index (Phi) is 5.92. The number of amides is 1. The summed E-state index contributed by atoms with van der Waals surface area (Å²) in [5.41, 5.74) is 0.590. The zero-order chi connectivity index (χ0) is 19.4. The minimum atomic E-state index is -3.04. The second-order valence-electron chi connectivity index (χ2n) is 6.47. The summed E-state index contributed by atoms with van der Waals surface area (Å²) >= 11 is 6.08. The van der Waals surface area contributed by atoms with E-state index in [-0.39, 0.29) is 30.0 Å². The molecule has 2 aromatic carbocycles. The first-order valence-corrected chi connectivity index (χ1v) is 10.8. The fourth-order valence-corrected chi connectivity index (χ4v) is 4.87. The Balaban J connectivity index is 1.66. The van der Waals surface area contributed by atoms with Crippen molar-refractivity contribution in [3.63, 3.8) is 0 Å². The first kappa shape index (κ1) is 19.5. The molecule has 1 fully saturated rings. The van der Waals surface area contributed by atoms with Gasteiger partial charge in [-0.2, -0.15) is 0 Å². The van der Waals surface area contributed by atoms with Crippen LogP contribution in [0.15, 0.2) is 48.5 Å². The third-order valence-electron chi connectivity index (χ3n) is 4.49. The number of hydrogen-bond acceptors (Lipinski definition) is 5. The number of ether oxygens (including phenoxy) is 1. The lowest BCUT2D eigenvalue weighted by atomic mass is 10.2. The van der Waals surface area contributed by atoms with Crippen LogP contribution in [0.3, 0.4) is 0 Å². The van der Waals surface area contributed by atoms with Crippen molar-refractivity contribution in [1.29, 1.82) is 0 Å². The number of sulfone groups is 1. The molecule has 1 unspecified atom stereocenters. The number of carbonyl (C=O) groups is 1. The highest BCUT2D eigenvalue weighted by Crippen LogP contribution is 2.32. The zero-order valence-electron chi connectivity index (χ0n) is 14.9. The van der Waals surface area contributed by atoms with Gasteiger partial charge in [0.15, 0.2) is 15.6 Å². The highest BCUT2D eigenvalue weighted by atomic mass is 35.5. The Labute approximate surface area is 164 Å². The number of likely N-dealkylation sites (N-methyl/N-ethyl adjacent to an activating group) is 1. The number of rotatable bonds is 6. The summed E-state index contributed by atoms with van der Waals surface area (Å²) < 4.78 is 29.1. The summed E-state index contributed by atoms with van der Waals surface area (Å²) in [5, 5.41) is 3.56. The first-order valence-electron chi connectivity index (χ1n) is 8.56. The summed E-state index contributed by atoms with van der Waals surface area (Å²) in [6, 6.07) is 14.1. The molecule has 1 amide bonds. The van der Waals surface area contributed by atoms with E-state index in [0.29, 0.717) is 28.6 Å². The van der Waals surface area contributed by atoms with Crippen LogP contribution in [0, 0.1) is 0 Å². The molecule has 6 nitrogen and oxygen atoms in total. The lowest BCUT2D eigenvalue weighted by Gasteiger charge is -2.24. The minimum Gasteiger partial charge on any atom is -0.455 e. The summed E-state index contributed by atoms with van der Waals surface area (Å²) in [4.78, 5) is 14.0. The van der Waals surface area contributed by atoms with Crippen molar-refractivity contribution in [3.8, 4) is 11.5 Å². The van der Waals surface area contributed by atoms with Gasteiger partial charge in [-0.1, -0.05) is 29.8 Å². The molecule has 0 saturated carbocycles. The van der Waals surface area contributed by atoms with Gasteiger partial charge in [-0.3, -0.25) is 4.79 Å². The predicted octanol–water partition coefficient (Wildman–Crippen LogP) is 3.19. The standard InChI is InChI=1S/C19H21ClN2O4S/c1-22(15-9-10-27(24,25)13-15)19(23)12-21-17-11-14(20)7-8-18(17)26-16-5-3-2-4-6-16/h2-8,11,15,21H,9-10,12-13H2,1H3. The second-order valence-corrected chi connectivity index (χ2v) is 9.14. The van der Waals surface area contributed by atoms with E-state index in [1.165, 1.54) is 4.90 Å². The van der Waals surface area contributed by atoms with Gasteiger partial charge in [0.25, 0.3) is 0 Å². The minimum absolute atomic E-state index is 0.0124. The number of halogens is 1. The van der Waals surface area contributed by atoms with Gasteiger partial charge in [0.2, 0.25) is 5.91 Å². The second kappa shape index (κ2) is 8.19. The van der Waals surface area contributed by atoms with Crippen LogP contribution in [0.2, 0.25) is 5.02 Å². The Hall–Kier alpha value is -2.25. The van der Waals surface area contributed by atoms with Crippen LogP contribution in [0.25, 0.3) is 0 Å². The molecule has 1 saturated heterocycles. The maximum absolute atomic E-state index is 12.5. The van der Waals surface area contributed by atoms with Crippen LogP contribution >= 0.6 is 11.6 Å². The summed E-state index contributed by atoms with van der Waals surface area (Å²) in [5.74, 6) is 1.18. The fourth-order valence-electron chi connectivity index (χ4n) is 2.92. The number of hydrogen-bond donors (Lipinski definition) is 1. The average Bonchev–Trinajstić information content (AvgIpc) is 3.01. The smallest absolute Gasteiger partial charge is 0.241 e. The molecule has 1 aliphatic heterocycles. The van der Waals surface area contributed by atoms with Crippen LogP contribution in [0.4, 0.5) is 5.69 Å². The van der Waals surface area contributed by atoms with E-state index in [1.807, 2.05) is 30.3 Å². The molecule has 27 heavy (non-hydrogen) atoms. The molecule has 1 aliphatic rings. The van der Waals surface area contributed by atoms with Gasteiger partial charge in [-0.15, -0.1) is 0 Å². The third-order valence-corrected chi connectivity index (χ3v) is 6.48. The van der Waals surface area contributed by atoms with Gasteiger partial charge < -0.3 is 15.0 Å². The van der Waals surface area contributed by atoms with E-state index in [9.17, 15) is 13.2 Å². The molecule has 0 radical (unpaired) electrons. The molecule has 0 aliphatic carbocycles. The Morgan fingerprint density at radius 1 is 1.26 bits per heavy atom. The van der Waals surface area contributed by atoms with Crippen molar-refractivity contribution in [1.82, 2.24) is 4.90 Å². The average molecular weight is 409 g/mol. The Bertz CT molecular complexity index is 919. The SMILES string of the molecule is CN(C(=O)CNc1cc(Cl)ccc1Oc1ccccc1)C1CCS(=O)(=O)C1. The largest absolute Gasteiger partial charge is 0.455 e. The van der Waals surface area contributed by atoms with Crippen LogP contribution in [-0.4, -0.2) is 50.4 Å². The molecule has 1 heterocycles. The van der Waals surface area contributed by atoms with Crippen molar-refractivity contribution in [2.45, 2.75) is 12.5 Å². The number of nitrogens with zero attached hydrogens (tertiary/aromatic N) is 1. The van der Waals surface area contributed by atoms with Gasteiger partial charge in [0, 0.05) is 18.1 Å². The quantitative estimate of drug-likeness (QED) is 0.794. The van der Waals surface area contributed by atoms with Gasteiger partial charge in [-0.05, 0) is 36.8 Å². The lowest BCUT2D eigenvalue weighted by molar-refractivity contribution is -0.129. The van der Waals surface area contributed by atoms with Crippen molar-refractivity contribution in [3.05, 3.63) is 53.6 Å². The molecule has 8 heteroatoms. The Morgan fingerprint density at radius 2 is 2.00 bits per heavy atom. The molecule has 0 bridgehead atoms. The summed E-state index contributed by atoms with van der Waals surface area (Å²) in [6.45, 7) is 0.0124. The van der Waals surface area contributed by atoms with Crippen LogP contribution in [0.5, 0.6) is 11.5 Å². The highest BCUT2D eigenvalue weighted by Gasteiger charge is 2.32. The van der Waals surface area contributed by atoms with Crippen molar-refractivity contribution in [2.75, 3.05) is 30.4 Å². The molecule has 0 spiro atoms. The number of benzene rings is 2. The van der Waals surface area contributed by atoms with E-state index < -0.39 is 9.84 Å². The third kappa shape index (κ3) is 5.14. The van der Waals surface area contributed by atoms with E-state index in [1.54, 1.807) is 25.2 Å². The van der Waals surface area contributed by atoms with Gasteiger partial charge in [0.05, 0.1) is 23.7 Å². The van der Waals surface area contributed by atoms with Crippen molar-refractivity contribution in [2.24, 2.45) is 0 Å². The molecular formula is C19H21ClN2O4S. The highest BCUT2D eigenvalue weighted by molar-refractivity contribution is 7.91. The number of carbonyl (C=O) groups excluding carboxylic acids is 1. The van der Waals surface area contributed by atoms with E-state index >= 15 is 0 Å². The van der Waals surface area contributed by atoms with Crippen molar-refractivity contribution < 1.29 is 17.9 Å². The monoisotopic (exact) mass is 408 g/mol. The number of para-hydroxylation sites is 1. The van der Waals surface area contributed by atoms with E-state index in [0.717, 1.165) is 0 Å². The Morgan fingerprint density at radius 3 is 2.67 bits per heavy atom.